The summed E-state index contributed by atoms with van der Waals surface area (Å²) in [4.78, 5) is 2.53. The van der Waals surface area contributed by atoms with Gasteiger partial charge < -0.3 is 10.5 Å². The van der Waals surface area contributed by atoms with Crippen molar-refractivity contribution in [3.63, 3.8) is 0 Å². The molecule has 2 N–H and O–H groups in total. The second-order valence-corrected chi connectivity index (χ2v) is 5.36. The molecule has 0 spiro atoms. The molecule has 0 amide bonds. The molecule has 0 radical (unpaired) electrons. The third-order valence-corrected chi connectivity index (χ3v) is 4.03. The van der Waals surface area contributed by atoms with Crippen molar-refractivity contribution >= 4 is 0 Å². The summed E-state index contributed by atoms with van der Waals surface area (Å²) in [6.07, 6.45) is 3.55. The lowest BCUT2D eigenvalue weighted by Gasteiger charge is -2.30. The maximum absolute atomic E-state index is 5.86. The molecule has 0 saturated carbocycles. The number of nitrogens with zero attached hydrogens (tertiary/aromatic N) is 1. The number of hydrogen-bond donors (Lipinski definition) is 1. The molecule has 1 aromatic carbocycles. The van der Waals surface area contributed by atoms with Crippen molar-refractivity contribution in [1.29, 1.82) is 0 Å². The van der Waals surface area contributed by atoms with E-state index in [-0.39, 0.29) is 0 Å². The molecule has 1 saturated heterocycles. The number of benzene rings is 1. The molecule has 2 unspecified atom stereocenters. The molecule has 2 rings (SSSR count). The molecule has 3 nitrogen and oxygen atoms in total. The zero-order chi connectivity index (χ0) is 13.7. The smallest absolute Gasteiger partial charge is 0.119 e. The van der Waals surface area contributed by atoms with Gasteiger partial charge >= 0.3 is 0 Å². The Morgan fingerprint density at radius 3 is 2.74 bits per heavy atom. The Kier molecular flexibility index (Phi) is 5.23. The van der Waals surface area contributed by atoms with Crippen molar-refractivity contribution in [1.82, 2.24) is 4.90 Å². The van der Waals surface area contributed by atoms with Crippen LogP contribution in [0.5, 0.6) is 5.75 Å². The van der Waals surface area contributed by atoms with Gasteiger partial charge in [-0.05, 0) is 50.4 Å². The van der Waals surface area contributed by atoms with Crippen LogP contribution in [0.1, 0.15) is 44.7 Å². The van der Waals surface area contributed by atoms with Crippen molar-refractivity contribution in [2.75, 3.05) is 19.7 Å². The Balaban J connectivity index is 2.00. The maximum Gasteiger partial charge on any atom is 0.119 e. The Morgan fingerprint density at radius 2 is 2.11 bits per heavy atom. The van der Waals surface area contributed by atoms with E-state index in [1.54, 1.807) is 0 Å². The predicted octanol–water partition coefficient (Wildman–Crippen LogP) is 2.96. The topological polar surface area (TPSA) is 38.5 Å². The van der Waals surface area contributed by atoms with Crippen LogP contribution >= 0.6 is 0 Å². The second kappa shape index (κ2) is 6.92. The Morgan fingerprint density at radius 1 is 1.37 bits per heavy atom. The van der Waals surface area contributed by atoms with Gasteiger partial charge in [0, 0.05) is 18.6 Å². The largest absolute Gasteiger partial charge is 0.494 e. The molecule has 3 heteroatoms. The van der Waals surface area contributed by atoms with Gasteiger partial charge in [0.05, 0.1) is 6.61 Å². The summed E-state index contributed by atoms with van der Waals surface area (Å²) in [7, 11) is 0. The zero-order valence-corrected chi connectivity index (χ0v) is 12.1. The quantitative estimate of drug-likeness (QED) is 0.856. The van der Waals surface area contributed by atoms with E-state index in [0.29, 0.717) is 12.1 Å². The summed E-state index contributed by atoms with van der Waals surface area (Å²) in [5.74, 6) is 0.967. The highest BCUT2D eigenvalue weighted by Gasteiger charge is 2.27. The first-order chi connectivity index (χ1) is 9.26. The van der Waals surface area contributed by atoms with E-state index >= 15 is 0 Å². The fourth-order valence-corrected chi connectivity index (χ4v) is 2.87. The molecular weight excluding hydrogens is 236 g/mol. The van der Waals surface area contributed by atoms with Gasteiger partial charge in [-0.2, -0.15) is 0 Å². The van der Waals surface area contributed by atoms with Crippen LogP contribution in [0.25, 0.3) is 0 Å². The Hall–Kier alpha value is -1.06. The Labute approximate surface area is 116 Å². The van der Waals surface area contributed by atoms with Crippen LogP contribution in [-0.2, 0) is 0 Å². The third-order valence-electron chi connectivity index (χ3n) is 4.03. The number of nitrogens with two attached hydrogens (primary N) is 1. The minimum atomic E-state index is 0.441. The minimum Gasteiger partial charge on any atom is -0.494 e. The predicted molar refractivity (Wildman–Crippen MR) is 79.4 cm³/mol. The van der Waals surface area contributed by atoms with Crippen molar-refractivity contribution < 1.29 is 4.74 Å². The summed E-state index contributed by atoms with van der Waals surface area (Å²) >= 11 is 0. The van der Waals surface area contributed by atoms with E-state index in [0.717, 1.165) is 31.9 Å². The van der Waals surface area contributed by atoms with Crippen LogP contribution in [0.4, 0.5) is 0 Å². The van der Waals surface area contributed by atoms with Crippen LogP contribution < -0.4 is 10.5 Å². The third kappa shape index (κ3) is 3.48. The zero-order valence-electron chi connectivity index (χ0n) is 12.1. The maximum atomic E-state index is 5.86. The minimum absolute atomic E-state index is 0.441. The lowest BCUT2D eigenvalue weighted by molar-refractivity contribution is 0.197. The van der Waals surface area contributed by atoms with Crippen molar-refractivity contribution in [3.8, 4) is 5.75 Å². The Bertz CT molecular complexity index is 377. The summed E-state index contributed by atoms with van der Waals surface area (Å²) < 4.78 is 5.62. The highest BCUT2D eigenvalue weighted by atomic mass is 16.5. The molecule has 1 heterocycles. The molecule has 0 aromatic heterocycles. The standard InChI is InChI=1S/C16H26N2O/c1-3-11-19-16-8-6-14(7-9-16)13(2)18-10-4-5-15(18)12-17/h6-9,13,15H,3-5,10-12,17H2,1-2H3. The molecular formula is C16H26N2O. The lowest BCUT2D eigenvalue weighted by Crippen LogP contribution is -2.37. The van der Waals surface area contributed by atoms with Crippen LogP contribution in [0.3, 0.4) is 0 Å². The molecule has 0 bridgehead atoms. The van der Waals surface area contributed by atoms with E-state index < -0.39 is 0 Å². The van der Waals surface area contributed by atoms with Crippen LogP contribution in [0.15, 0.2) is 24.3 Å². The monoisotopic (exact) mass is 262 g/mol. The summed E-state index contributed by atoms with van der Waals surface area (Å²) in [5, 5.41) is 0. The van der Waals surface area contributed by atoms with E-state index in [1.807, 2.05) is 0 Å². The van der Waals surface area contributed by atoms with Crippen molar-refractivity contribution in [3.05, 3.63) is 29.8 Å². The highest BCUT2D eigenvalue weighted by molar-refractivity contribution is 5.29. The number of rotatable bonds is 6. The van der Waals surface area contributed by atoms with Gasteiger partial charge in [0.2, 0.25) is 0 Å². The van der Waals surface area contributed by atoms with Gasteiger partial charge in [-0.1, -0.05) is 19.1 Å². The molecule has 1 aliphatic heterocycles. The van der Waals surface area contributed by atoms with Gasteiger partial charge in [0.15, 0.2) is 0 Å². The van der Waals surface area contributed by atoms with Gasteiger partial charge in [-0.3, -0.25) is 4.90 Å². The average Bonchev–Trinajstić information content (AvgIpc) is 2.93. The molecule has 1 fully saturated rings. The van der Waals surface area contributed by atoms with Gasteiger partial charge in [0.25, 0.3) is 0 Å². The first-order valence-electron chi connectivity index (χ1n) is 7.44. The summed E-state index contributed by atoms with van der Waals surface area (Å²) in [6.45, 7) is 7.11. The number of hydrogen-bond acceptors (Lipinski definition) is 3. The van der Waals surface area contributed by atoms with Gasteiger partial charge in [0.1, 0.15) is 5.75 Å². The fraction of sp³-hybridized carbons (Fsp3) is 0.625. The van der Waals surface area contributed by atoms with Crippen LogP contribution in [0, 0.1) is 0 Å². The lowest BCUT2D eigenvalue weighted by atomic mass is 10.1. The highest BCUT2D eigenvalue weighted by Crippen LogP contribution is 2.29. The SMILES string of the molecule is CCCOc1ccc(C(C)N2CCCC2CN)cc1. The second-order valence-electron chi connectivity index (χ2n) is 5.36. The first-order valence-corrected chi connectivity index (χ1v) is 7.44. The number of ether oxygens (including phenoxy) is 1. The van der Waals surface area contributed by atoms with E-state index in [4.69, 9.17) is 10.5 Å². The van der Waals surface area contributed by atoms with Crippen LogP contribution in [0.2, 0.25) is 0 Å². The van der Waals surface area contributed by atoms with E-state index in [9.17, 15) is 0 Å². The molecule has 2 atom stereocenters. The summed E-state index contributed by atoms with van der Waals surface area (Å²) in [5.41, 5.74) is 7.21. The first kappa shape index (κ1) is 14.4. The van der Waals surface area contributed by atoms with Crippen molar-refractivity contribution in [2.24, 2.45) is 5.73 Å². The summed E-state index contributed by atoms with van der Waals surface area (Å²) in [6, 6.07) is 9.51. The van der Waals surface area contributed by atoms with Gasteiger partial charge in [-0.15, -0.1) is 0 Å². The van der Waals surface area contributed by atoms with Crippen molar-refractivity contribution in [2.45, 2.75) is 45.2 Å². The van der Waals surface area contributed by atoms with Gasteiger partial charge in [-0.25, -0.2) is 0 Å². The van der Waals surface area contributed by atoms with Crippen LogP contribution in [-0.4, -0.2) is 30.6 Å². The normalized spacial score (nSPS) is 21.5. The van der Waals surface area contributed by atoms with E-state index in [2.05, 4.69) is 43.0 Å². The van der Waals surface area contributed by atoms with E-state index in [1.165, 1.54) is 18.4 Å². The molecule has 0 aliphatic carbocycles. The fourth-order valence-electron chi connectivity index (χ4n) is 2.87. The molecule has 106 valence electrons. The average molecular weight is 262 g/mol. The molecule has 1 aliphatic rings. The number of likely N-dealkylation sites (tertiary alicyclic amines) is 1. The molecule has 1 aromatic rings. The molecule has 19 heavy (non-hydrogen) atoms.